The number of nitrogens with two attached hydrogens (primary N) is 1. The molecule has 0 radical (unpaired) electrons. The quantitative estimate of drug-likeness (QED) is 0.750. The second-order valence-electron chi connectivity index (χ2n) is 5.88. The summed E-state index contributed by atoms with van der Waals surface area (Å²) in [6.07, 6.45) is 8.77. The maximum Gasteiger partial charge on any atom is 0.220 e. The van der Waals surface area contributed by atoms with Crippen molar-refractivity contribution < 1.29 is 4.79 Å². The fourth-order valence-corrected chi connectivity index (χ4v) is 2.82. The maximum atomic E-state index is 11.9. The van der Waals surface area contributed by atoms with Gasteiger partial charge >= 0.3 is 0 Å². The molecule has 0 aromatic heterocycles. The third kappa shape index (κ3) is 5.07. The van der Waals surface area contributed by atoms with Gasteiger partial charge < -0.3 is 11.1 Å². The zero-order valence-corrected chi connectivity index (χ0v) is 11.4. The summed E-state index contributed by atoms with van der Waals surface area (Å²) in [6.45, 7) is 4.90. The van der Waals surface area contributed by atoms with Crippen LogP contribution in [0.4, 0.5) is 0 Å². The molecular weight excluding hydrogens is 212 g/mol. The molecule has 0 spiro atoms. The van der Waals surface area contributed by atoms with Crippen molar-refractivity contribution >= 4 is 5.91 Å². The summed E-state index contributed by atoms with van der Waals surface area (Å²) in [6, 6.07) is 0. The maximum absolute atomic E-state index is 11.9. The Hall–Kier alpha value is -0.570. The van der Waals surface area contributed by atoms with Gasteiger partial charge in [-0.1, -0.05) is 33.1 Å². The van der Waals surface area contributed by atoms with E-state index >= 15 is 0 Å². The largest absolute Gasteiger partial charge is 0.351 e. The van der Waals surface area contributed by atoms with Crippen LogP contribution in [-0.2, 0) is 4.79 Å². The van der Waals surface area contributed by atoms with Crippen molar-refractivity contribution in [1.29, 1.82) is 0 Å². The molecule has 1 rings (SSSR count). The highest BCUT2D eigenvalue weighted by Gasteiger charge is 2.32. The fourth-order valence-electron chi connectivity index (χ4n) is 2.82. The Morgan fingerprint density at radius 1 is 1.29 bits per heavy atom. The van der Waals surface area contributed by atoms with E-state index in [2.05, 4.69) is 19.2 Å². The highest BCUT2D eigenvalue weighted by atomic mass is 16.1. The van der Waals surface area contributed by atoms with Crippen molar-refractivity contribution in [2.75, 3.05) is 6.54 Å². The van der Waals surface area contributed by atoms with Crippen LogP contribution in [-0.4, -0.2) is 18.0 Å². The molecule has 1 aliphatic carbocycles. The Morgan fingerprint density at radius 2 is 1.94 bits per heavy atom. The molecule has 0 aromatic rings. The number of hydrogen-bond donors (Lipinski definition) is 2. The summed E-state index contributed by atoms with van der Waals surface area (Å²) in [7, 11) is 0. The molecule has 0 aliphatic heterocycles. The molecule has 1 fully saturated rings. The molecule has 0 unspecified atom stereocenters. The zero-order valence-electron chi connectivity index (χ0n) is 11.4. The minimum absolute atomic E-state index is 0.0591. The highest BCUT2D eigenvalue weighted by molar-refractivity contribution is 5.77. The van der Waals surface area contributed by atoms with Crippen molar-refractivity contribution in [2.24, 2.45) is 11.7 Å². The molecule has 1 saturated carbocycles. The highest BCUT2D eigenvalue weighted by Crippen LogP contribution is 2.32. The van der Waals surface area contributed by atoms with Crippen LogP contribution in [0.25, 0.3) is 0 Å². The second kappa shape index (κ2) is 7.00. The first-order valence-corrected chi connectivity index (χ1v) is 7.09. The van der Waals surface area contributed by atoms with Crippen molar-refractivity contribution in [2.45, 2.75) is 70.8 Å². The van der Waals surface area contributed by atoms with E-state index in [9.17, 15) is 4.79 Å². The van der Waals surface area contributed by atoms with Crippen LogP contribution < -0.4 is 11.1 Å². The predicted molar refractivity (Wildman–Crippen MR) is 71.7 cm³/mol. The third-order valence-electron chi connectivity index (χ3n) is 3.67. The lowest BCUT2D eigenvalue weighted by atomic mass is 9.78. The summed E-state index contributed by atoms with van der Waals surface area (Å²) in [5, 5.41) is 3.30. The summed E-state index contributed by atoms with van der Waals surface area (Å²) >= 11 is 0. The lowest BCUT2D eigenvalue weighted by Gasteiger charge is -2.38. The number of carbonyl (C=O) groups is 1. The van der Waals surface area contributed by atoms with Crippen molar-refractivity contribution in [3.63, 3.8) is 0 Å². The predicted octanol–water partition coefficient (Wildman–Crippen LogP) is 2.59. The lowest BCUT2D eigenvalue weighted by molar-refractivity contribution is -0.124. The van der Waals surface area contributed by atoms with Crippen LogP contribution in [0.15, 0.2) is 0 Å². The van der Waals surface area contributed by atoms with Gasteiger partial charge in [-0.25, -0.2) is 0 Å². The molecule has 0 heterocycles. The molecule has 3 N–H and O–H groups in total. The van der Waals surface area contributed by atoms with Gasteiger partial charge in [-0.05, 0) is 38.1 Å². The van der Waals surface area contributed by atoms with Crippen LogP contribution in [0.5, 0.6) is 0 Å². The number of hydrogen-bond acceptors (Lipinski definition) is 2. The summed E-state index contributed by atoms with van der Waals surface area (Å²) < 4.78 is 0. The van der Waals surface area contributed by atoms with Gasteiger partial charge in [-0.3, -0.25) is 4.79 Å². The third-order valence-corrected chi connectivity index (χ3v) is 3.67. The smallest absolute Gasteiger partial charge is 0.220 e. The second-order valence-corrected chi connectivity index (χ2v) is 5.88. The van der Waals surface area contributed by atoms with E-state index in [1.807, 2.05) is 0 Å². The van der Waals surface area contributed by atoms with E-state index in [0.29, 0.717) is 12.3 Å². The van der Waals surface area contributed by atoms with Gasteiger partial charge in [-0.2, -0.15) is 0 Å². The van der Waals surface area contributed by atoms with Crippen molar-refractivity contribution in [1.82, 2.24) is 5.32 Å². The van der Waals surface area contributed by atoms with Gasteiger partial charge in [0, 0.05) is 12.0 Å². The van der Waals surface area contributed by atoms with Crippen molar-refractivity contribution in [3.05, 3.63) is 0 Å². The molecule has 100 valence electrons. The number of carbonyl (C=O) groups excluding carboxylic acids is 1. The first kappa shape index (κ1) is 14.5. The van der Waals surface area contributed by atoms with E-state index in [1.54, 1.807) is 0 Å². The zero-order chi connectivity index (χ0) is 12.7. The van der Waals surface area contributed by atoms with E-state index < -0.39 is 0 Å². The molecule has 1 amide bonds. The van der Waals surface area contributed by atoms with Gasteiger partial charge in [0.1, 0.15) is 0 Å². The summed E-state index contributed by atoms with van der Waals surface area (Å²) in [5.74, 6) is 0.657. The monoisotopic (exact) mass is 240 g/mol. The van der Waals surface area contributed by atoms with E-state index in [4.69, 9.17) is 5.73 Å². The van der Waals surface area contributed by atoms with E-state index in [1.165, 1.54) is 19.3 Å². The number of amides is 1. The topological polar surface area (TPSA) is 55.1 Å². The standard InChI is InChI=1S/C14H28N2O/c1-12(2)11-13(17)16-14(9-6-10-15)7-4-3-5-8-14/h12H,3-11,15H2,1-2H3,(H,16,17). The molecule has 3 heteroatoms. The molecule has 1 aliphatic rings. The van der Waals surface area contributed by atoms with Crippen LogP contribution in [0.3, 0.4) is 0 Å². The molecule has 0 saturated heterocycles. The van der Waals surface area contributed by atoms with Crippen LogP contribution in [0.2, 0.25) is 0 Å². The summed E-state index contributed by atoms with van der Waals surface area (Å²) in [5.41, 5.74) is 5.66. The Balaban J connectivity index is 2.53. The average molecular weight is 240 g/mol. The first-order valence-electron chi connectivity index (χ1n) is 7.09. The minimum atomic E-state index is 0.0591. The minimum Gasteiger partial charge on any atom is -0.351 e. The van der Waals surface area contributed by atoms with Crippen LogP contribution in [0.1, 0.15) is 65.2 Å². The van der Waals surface area contributed by atoms with Crippen LogP contribution in [0, 0.1) is 5.92 Å². The van der Waals surface area contributed by atoms with Gasteiger partial charge in [0.05, 0.1) is 0 Å². The summed E-state index contributed by atoms with van der Waals surface area (Å²) in [4.78, 5) is 11.9. The average Bonchev–Trinajstić information content (AvgIpc) is 2.26. The molecule has 17 heavy (non-hydrogen) atoms. The van der Waals surface area contributed by atoms with Gasteiger partial charge in [0.2, 0.25) is 5.91 Å². The Morgan fingerprint density at radius 3 is 2.47 bits per heavy atom. The fraction of sp³-hybridized carbons (Fsp3) is 0.929. The first-order chi connectivity index (χ1) is 8.08. The SMILES string of the molecule is CC(C)CC(=O)NC1(CCCN)CCCCC1. The molecule has 3 nitrogen and oxygen atoms in total. The molecule has 0 aromatic carbocycles. The lowest BCUT2D eigenvalue weighted by Crippen LogP contribution is -2.50. The molecular formula is C14H28N2O. The number of rotatable bonds is 6. The number of nitrogens with one attached hydrogen (secondary N) is 1. The molecule has 0 bridgehead atoms. The Kier molecular flexibility index (Phi) is 5.96. The van der Waals surface area contributed by atoms with Crippen LogP contribution >= 0.6 is 0 Å². The molecule has 0 atom stereocenters. The van der Waals surface area contributed by atoms with Gasteiger partial charge in [0.15, 0.2) is 0 Å². The Labute approximate surface area is 106 Å². The van der Waals surface area contributed by atoms with E-state index in [0.717, 1.165) is 32.2 Å². The van der Waals surface area contributed by atoms with Crippen molar-refractivity contribution in [3.8, 4) is 0 Å². The van der Waals surface area contributed by atoms with Gasteiger partial charge in [0.25, 0.3) is 0 Å². The Bertz CT molecular complexity index is 232. The van der Waals surface area contributed by atoms with E-state index in [-0.39, 0.29) is 11.4 Å². The normalized spacial score (nSPS) is 19.3. The van der Waals surface area contributed by atoms with Gasteiger partial charge in [-0.15, -0.1) is 0 Å².